The Morgan fingerprint density at radius 3 is 2.60 bits per heavy atom. The number of nitrogens with one attached hydrogen (secondary N) is 1. The topological polar surface area (TPSA) is 124 Å². The fraction of sp³-hybridized carbons (Fsp3) is 0.0833. The molecule has 0 bridgehead atoms. The van der Waals surface area contributed by atoms with Crippen molar-refractivity contribution in [2.24, 2.45) is 4.99 Å². The van der Waals surface area contributed by atoms with Crippen LogP contribution in [0.5, 0.6) is 0 Å². The Balaban J connectivity index is 1.68. The number of non-ortho nitro benzene ring substituents is 1. The Bertz CT molecular complexity index is 1630. The van der Waals surface area contributed by atoms with Gasteiger partial charge in [0.15, 0.2) is 4.80 Å². The van der Waals surface area contributed by atoms with Crippen molar-refractivity contribution in [3.63, 3.8) is 0 Å². The minimum absolute atomic E-state index is 0.0593. The standard InChI is InChI=1S/C24H20N4O5S2/c1-3-13-27-21-12-9-19(28(30)31)15-22(21)34-24(27)25-23(29)17-5-4-6-18(14-17)26-35(32,33)20-10-7-16(2)8-11-20/h3-12,14-15,26H,1,13H2,2H3. The number of nitro benzene ring substituents is 1. The van der Waals surface area contributed by atoms with Gasteiger partial charge in [-0.1, -0.05) is 41.2 Å². The highest BCUT2D eigenvalue weighted by molar-refractivity contribution is 7.92. The maximum atomic E-state index is 13.0. The van der Waals surface area contributed by atoms with Crippen molar-refractivity contribution in [3.8, 4) is 0 Å². The Morgan fingerprint density at radius 2 is 1.91 bits per heavy atom. The molecule has 9 nitrogen and oxygen atoms in total. The number of amides is 1. The minimum Gasteiger partial charge on any atom is -0.312 e. The predicted molar refractivity (Wildman–Crippen MR) is 135 cm³/mol. The predicted octanol–water partition coefficient (Wildman–Crippen LogP) is 4.65. The second-order valence-corrected chi connectivity index (χ2v) is 10.3. The first-order chi connectivity index (χ1) is 16.7. The van der Waals surface area contributed by atoms with E-state index in [1.165, 1.54) is 36.4 Å². The van der Waals surface area contributed by atoms with E-state index in [4.69, 9.17) is 0 Å². The number of hydrogen-bond acceptors (Lipinski definition) is 6. The van der Waals surface area contributed by atoms with E-state index in [2.05, 4.69) is 16.3 Å². The fourth-order valence-corrected chi connectivity index (χ4v) is 5.49. The van der Waals surface area contributed by atoms with Crippen LogP contribution in [0, 0.1) is 17.0 Å². The van der Waals surface area contributed by atoms with Crippen molar-refractivity contribution >= 4 is 48.9 Å². The molecule has 35 heavy (non-hydrogen) atoms. The second kappa shape index (κ2) is 9.65. The van der Waals surface area contributed by atoms with Gasteiger partial charge in [-0.25, -0.2) is 8.42 Å². The number of benzene rings is 3. The largest absolute Gasteiger partial charge is 0.312 e. The van der Waals surface area contributed by atoms with Gasteiger partial charge in [-0.05, 0) is 43.3 Å². The van der Waals surface area contributed by atoms with Gasteiger partial charge in [0.1, 0.15) is 0 Å². The van der Waals surface area contributed by atoms with Crippen LogP contribution >= 0.6 is 11.3 Å². The van der Waals surface area contributed by atoms with Crippen molar-refractivity contribution in [2.75, 3.05) is 4.72 Å². The van der Waals surface area contributed by atoms with Crippen molar-refractivity contribution < 1.29 is 18.1 Å². The molecule has 1 amide bonds. The number of rotatable bonds is 7. The van der Waals surface area contributed by atoms with Crippen molar-refractivity contribution in [1.29, 1.82) is 0 Å². The Kier molecular flexibility index (Phi) is 6.63. The van der Waals surface area contributed by atoms with Crippen LogP contribution < -0.4 is 9.52 Å². The SMILES string of the molecule is C=CCn1c(=NC(=O)c2cccc(NS(=O)(=O)c3ccc(C)cc3)c2)sc2cc([N+](=O)[O-])ccc21. The van der Waals surface area contributed by atoms with Crippen LogP contribution in [0.1, 0.15) is 15.9 Å². The van der Waals surface area contributed by atoms with E-state index >= 15 is 0 Å². The zero-order valence-corrected chi connectivity index (χ0v) is 20.2. The van der Waals surface area contributed by atoms with Gasteiger partial charge in [0.25, 0.3) is 21.6 Å². The van der Waals surface area contributed by atoms with Crippen molar-refractivity contribution in [1.82, 2.24) is 4.57 Å². The second-order valence-electron chi connectivity index (χ2n) is 7.61. The highest BCUT2D eigenvalue weighted by Gasteiger charge is 2.16. The number of aromatic nitrogens is 1. The van der Waals surface area contributed by atoms with Gasteiger partial charge >= 0.3 is 0 Å². The first-order valence-electron chi connectivity index (χ1n) is 10.4. The molecule has 4 rings (SSSR count). The summed E-state index contributed by atoms with van der Waals surface area (Å²) in [6, 6.07) is 16.9. The summed E-state index contributed by atoms with van der Waals surface area (Å²) >= 11 is 1.14. The summed E-state index contributed by atoms with van der Waals surface area (Å²) in [6.07, 6.45) is 1.64. The monoisotopic (exact) mass is 508 g/mol. The van der Waals surface area contributed by atoms with Crippen molar-refractivity contribution in [3.05, 3.63) is 105 Å². The number of anilines is 1. The lowest BCUT2D eigenvalue weighted by molar-refractivity contribution is -0.384. The highest BCUT2D eigenvalue weighted by Crippen LogP contribution is 2.24. The molecule has 0 saturated carbocycles. The number of aryl methyl sites for hydroxylation is 1. The van der Waals surface area contributed by atoms with E-state index in [1.807, 2.05) is 6.92 Å². The summed E-state index contributed by atoms with van der Waals surface area (Å²) < 4.78 is 30.2. The summed E-state index contributed by atoms with van der Waals surface area (Å²) in [5, 5.41) is 11.1. The zero-order valence-electron chi connectivity index (χ0n) is 18.5. The molecule has 0 fully saturated rings. The first kappa shape index (κ1) is 24.0. The van der Waals surface area contributed by atoms with Gasteiger partial charge in [-0.2, -0.15) is 4.99 Å². The molecular formula is C24H20N4O5S2. The van der Waals surface area contributed by atoms with Crippen LogP contribution in [0.2, 0.25) is 0 Å². The lowest BCUT2D eigenvalue weighted by Crippen LogP contribution is -2.16. The molecule has 0 aliphatic rings. The number of fused-ring (bicyclic) bond motifs is 1. The molecule has 1 N–H and O–H groups in total. The number of allylic oxidation sites excluding steroid dienone is 1. The number of nitrogens with zero attached hydrogens (tertiary/aromatic N) is 3. The third kappa shape index (κ3) is 5.20. The third-order valence-electron chi connectivity index (χ3n) is 5.08. The number of thiazole rings is 1. The molecule has 0 unspecified atom stereocenters. The molecule has 0 atom stereocenters. The summed E-state index contributed by atoms with van der Waals surface area (Å²) in [5.41, 5.74) is 1.96. The van der Waals surface area contributed by atoms with E-state index in [9.17, 15) is 23.3 Å². The van der Waals surface area contributed by atoms with E-state index < -0.39 is 20.9 Å². The Labute approximate surface area is 204 Å². The number of nitro groups is 1. The maximum absolute atomic E-state index is 13.0. The average Bonchev–Trinajstić information content (AvgIpc) is 3.15. The van der Waals surface area contributed by atoms with Crippen LogP contribution in [0.3, 0.4) is 0 Å². The molecule has 0 aliphatic carbocycles. The van der Waals surface area contributed by atoms with Crippen LogP contribution in [0.25, 0.3) is 10.2 Å². The fourth-order valence-electron chi connectivity index (χ4n) is 3.36. The van der Waals surface area contributed by atoms with Crippen LogP contribution in [0.15, 0.2) is 89.3 Å². The molecule has 0 saturated heterocycles. The molecule has 4 aromatic rings. The van der Waals surface area contributed by atoms with E-state index in [-0.39, 0.29) is 21.8 Å². The van der Waals surface area contributed by atoms with E-state index in [1.54, 1.807) is 41.0 Å². The van der Waals surface area contributed by atoms with Crippen molar-refractivity contribution in [2.45, 2.75) is 18.4 Å². The molecule has 11 heteroatoms. The molecule has 0 aliphatic heterocycles. The zero-order chi connectivity index (χ0) is 25.2. The smallest absolute Gasteiger partial charge is 0.279 e. The molecule has 0 spiro atoms. The Morgan fingerprint density at radius 1 is 1.17 bits per heavy atom. The number of carbonyl (C=O) groups excluding carboxylic acids is 1. The molecule has 3 aromatic carbocycles. The molecule has 1 heterocycles. The molecule has 0 radical (unpaired) electrons. The number of carbonyl (C=O) groups is 1. The normalized spacial score (nSPS) is 12.0. The average molecular weight is 509 g/mol. The minimum atomic E-state index is -3.83. The number of hydrogen-bond donors (Lipinski definition) is 1. The summed E-state index contributed by atoms with van der Waals surface area (Å²) in [6.45, 7) is 5.93. The van der Waals surface area contributed by atoms with Crippen LogP contribution in [0.4, 0.5) is 11.4 Å². The van der Waals surface area contributed by atoms with Crippen LogP contribution in [-0.4, -0.2) is 23.8 Å². The first-order valence-corrected chi connectivity index (χ1v) is 12.7. The van der Waals surface area contributed by atoms with Crippen LogP contribution in [-0.2, 0) is 16.6 Å². The summed E-state index contributed by atoms with van der Waals surface area (Å²) in [7, 11) is -3.83. The quantitative estimate of drug-likeness (QED) is 0.221. The van der Waals surface area contributed by atoms with E-state index in [0.29, 0.717) is 21.6 Å². The van der Waals surface area contributed by atoms with Gasteiger partial charge in [0.05, 0.1) is 20.0 Å². The van der Waals surface area contributed by atoms with Gasteiger partial charge in [0.2, 0.25) is 0 Å². The molecular weight excluding hydrogens is 488 g/mol. The maximum Gasteiger partial charge on any atom is 0.279 e. The van der Waals surface area contributed by atoms with E-state index in [0.717, 1.165) is 16.9 Å². The van der Waals surface area contributed by atoms with Gasteiger partial charge in [-0.3, -0.25) is 19.6 Å². The van der Waals surface area contributed by atoms with Gasteiger partial charge in [0, 0.05) is 29.9 Å². The van der Waals surface area contributed by atoms with Gasteiger partial charge in [-0.15, -0.1) is 6.58 Å². The lowest BCUT2D eigenvalue weighted by atomic mass is 10.2. The molecule has 1 aromatic heterocycles. The Hall–Kier alpha value is -4.09. The lowest BCUT2D eigenvalue weighted by Gasteiger charge is -2.09. The third-order valence-corrected chi connectivity index (χ3v) is 7.52. The summed E-state index contributed by atoms with van der Waals surface area (Å²) in [4.78, 5) is 28.3. The highest BCUT2D eigenvalue weighted by atomic mass is 32.2. The number of sulfonamides is 1. The summed E-state index contributed by atoms with van der Waals surface area (Å²) in [5.74, 6) is -0.583. The van der Waals surface area contributed by atoms with Gasteiger partial charge < -0.3 is 4.57 Å². The molecule has 178 valence electrons.